The second-order valence-electron chi connectivity index (χ2n) is 5.07. The summed E-state index contributed by atoms with van der Waals surface area (Å²) in [6, 6.07) is 7.66. The molecule has 2 amide bonds. The van der Waals surface area contributed by atoms with E-state index in [1.165, 1.54) is 0 Å². The number of hydrogen-bond donors (Lipinski definition) is 2. The Morgan fingerprint density at radius 2 is 2.43 bits per heavy atom. The van der Waals surface area contributed by atoms with Crippen LogP contribution in [0.25, 0.3) is 10.9 Å². The van der Waals surface area contributed by atoms with Crippen LogP contribution in [0.3, 0.4) is 0 Å². The number of rotatable bonds is 3. The molecule has 1 aliphatic rings. The van der Waals surface area contributed by atoms with Gasteiger partial charge in [0, 0.05) is 30.8 Å². The highest BCUT2D eigenvalue weighted by atomic mass is 16.5. The third-order valence-electron chi connectivity index (χ3n) is 3.62. The van der Waals surface area contributed by atoms with E-state index in [0.29, 0.717) is 26.3 Å². The predicted molar refractivity (Wildman–Crippen MR) is 80.5 cm³/mol. The molecule has 1 saturated heterocycles. The van der Waals surface area contributed by atoms with Gasteiger partial charge in [0.25, 0.3) is 0 Å². The summed E-state index contributed by atoms with van der Waals surface area (Å²) in [7, 11) is 1.63. The maximum absolute atomic E-state index is 12.4. The van der Waals surface area contributed by atoms with E-state index in [-0.39, 0.29) is 12.1 Å². The summed E-state index contributed by atoms with van der Waals surface area (Å²) >= 11 is 0. The first-order valence-corrected chi connectivity index (χ1v) is 7.00. The maximum atomic E-state index is 12.4. The minimum absolute atomic E-state index is 0.0578. The summed E-state index contributed by atoms with van der Waals surface area (Å²) in [5.41, 5.74) is 1.82. The molecule has 0 aliphatic carbocycles. The number of ether oxygens (including phenoxy) is 2. The van der Waals surface area contributed by atoms with Crippen molar-refractivity contribution in [3.63, 3.8) is 0 Å². The van der Waals surface area contributed by atoms with Gasteiger partial charge in [-0.1, -0.05) is 6.07 Å². The molecule has 2 N–H and O–H groups in total. The Morgan fingerprint density at radius 3 is 3.29 bits per heavy atom. The number of carbonyl (C=O) groups excluding carboxylic acids is 1. The molecular weight excluding hydrogens is 270 g/mol. The van der Waals surface area contributed by atoms with Crippen molar-refractivity contribution in [1.29, 1.82) is 0 Å². The lowest BCUT2D eigenvalue weighted by atomic mass is 10.2. The summed E-state index contributed by atoms with van der Waals surface area (Å²) in [5, 5.41) is 3.98. The monoisotopic (exact) mass is 289 g/mol. The van der Waals surface area contributed by atoms with Crippen molar-refractivity contribution in [3.8, 4) is 0 Å². The number of carbonyl (C=O) groups is 1. The Bertz CT molecular complexity index is 623. The first-order chi connectivity index (χ1) is 10.3. The van der Waals surface area contributed by atoms with Crippen molar-refractivity contribution >= 4 is 22.6 Å². The van der Waals surface area contributed by atoms with E-state index in [1.54, 1.807) is 12.0 Å². The van der Waals surface area contributed by atoms with Gasteiger partial charge in [0.15, 0.2) is 0 Å². The Morgan fingerprint density at radius 1 is 1.52 bits per heavy atom. The van der Waals surface area contributed by atoms with E-state index in [4.69, 9.17) is 9.47 Å². The Kier molecular flexibility index (Phi) is 4.08. The van der Waals surface area contributed by atoms with Gasteiger partial charge in [-0.3, -0.25) is 0 Å². The van der Waals surface area contributed by atoms with Crippen LogP contribution in [0.5, 0.6) is 0 Å². The molecule has 6 nitrogen and oxygen atoms in total. The molecule has 1 aliphatic heterocycles. The standard InChI is InChI=1S/C15H19N3O3/c1-20-10-11-9-18(7-8-21-11)15(19)17-14-4-2-3-13-12(14)5-6-16-13/h2-6,11,16H,7-10H2,1H3,(H,17,19)/t11-/m0/s1. The number of amides is 2. The molecule has 3 rings (SSSR count). The second kappa shape index (κ2) is 6.15. The number of nitrogens with zero attached hydrogens (tertiary/aromatic N) is 1. The molecule has 21 heavy (non-hydrogen) atoms. The van der Waals surface area contributed by atoms with Crippen LogP contribution < -0.4 is 5.32 Å². The third-order valence-corrected chi connectivity index (χ3v) is 3.62. The molecule has 1 aromatic carbocycles. The lowest BCUT2D eigenvalue weighted by Crippen LogP contribution is -2.48. The van der Waals surface area contributed by atoms with Gasteiger partial charge in [0.2, 0.25) is 0 Å². The number of hydrogen-bond acceptors (Lipinski definition) is 3. The summed E-state index contributed by atoms with van der Waals surface area (Å²) in [4.78, 5) is 17.3. The summed E-state index contributed by atoms with van der Waals surface area (Å²) in [5.74, 6) is 0. The van der Waals surface area contributed by atoms with Crippen LogP contribution in [0.15, 0.2) is 30.5 Å². The largest absolute Gasteiger partial charge is 0.382 e. The molecule has 112 valence electrons. The molecule has 2 aromatic rings. The number of aromatic amines is 1. The number of methoxy groups -OCH3 is 1. The molecule has 0 spiro atoms. The van der Waals surface area contributed by atoms with Gasteiger partial charge in [-0.25, -0.2) is 4.79 Å². The van der Waals surface area contributed by atoms with Gasteiger partial charge >= 0.3 is 6.03 Å². The van der Waals surface area contributed by atoms with E-state index in [9.17, 15) is 4.79 Å². The minimum atomic E-state index is -0.104. The second-order valence-corrected chi connectivity index (χ2v) is 5.07. The van der Waals surface area contributed by atoms with Gasteiger partial charge in [-0.2, -0.15) is 0 Å². The number of fused-ring (bicyclic) bond motifs is 1. The number of aromatic nitrogens is 1. The molecular formula is C15H19N3O3. The number of morpholine rings is 1. The fourth-order valence-electron chi connectivity index (χ4n) is 2.58. The zero-order chi connectivity index (χ0) is 14.7. The summed E-state index contributed by atoms with van der Waals surface area (Å²) < 4.78 is 10.6. The van der Waals surface area contributed by atoms with Crippen LogP contribution in [0.1, 0.15) is 0 Å². The van der Waals surface area contributed by atoms with Gasteiger partial charge < -0.3 is 24.7 Å². The SMILES string of the molecule is COC[C@@H]1CN(C(=O)Nc2cccc3[nH]ccc23)CCO1. The van der Waals surface area contributed by atoms with Crippen LogP contribution >= 0.6 is 0 Å². The van der Waals surface area contributed by atoms with Crippen molar-refractivity contribution in [1.82, 2.24) is 9.88 Å². The lowest BCUT2D eigenvalue weighted by Gasteiger charge is -2.32. The first kappa shape index (κ1) is 13.9. The van der Waals surface area contributed by atoms with E-state index >= 15 is 0 Å². The predicted octanol–water partition coefficient (Wildman–Crippen LogP) is 2.05. The number of benzene rings is 1. The number of H-pyrrole nitrogens is 1. The third kappa shape index (κ3) is 3.01. The van der Waals surface area contributed by atoms with Crippen molar-refractivity contribution in [2.45, 2.75) is 6.10 Å². The van der Waals surface area contributed by atoms with Gasteiger partial charge in [0.1, 0.15) is 0 Å². The Balaban J connectivity index is 1.69. The lowest BCUT2D eigenvalue weighted by molar-refractivity contribution is -0.0481. The smallest absolute Gasteiger partial charge is 0.322 e. The van der Waals surface area contributed by atoms with Crippen molar-refractivity contribution in [3.05, 3.63) is 30.5 Å². The molecule has 1 aromatic heterocycles. The summed E-state index contributed by atoms with van der Waals surface area (Å²) in [6.45, 7) is 2.17. The van der Waals surface area contributed by atoms with Crippen LogP contribution in [-0.4, -0.2) is 55.4 Å². The van der Waals surface area contributed by atoms with Gasteiger partial charge in [-0.15, -0.1) is 0 Å². The highest BCUT2D eigenvalue weighted by molar-refractivity contribution is 6.00. The highest BCUT2D eigenvalue weighted by Crippen LogP contribution is 2.22. The molecule has 6 heteroatoms. The number of urea groups is 1. The molecule has 2 heterocycles. The molecule has 0 bridgehead atoms. The van der Waals surface area contributed by atoms with Crippen molar-refractivity contribution < 1.29 is 14.3 Å². The number of nitrogens with one attached hydrogen (secondary N) is 2. The maximum Gasteiger partial charge on any atom is 0.322 e. The fourth-order valence-corrected chi connectivity index (χ4v) is 2.58. The minimum Gasteiger partial charge on any atom is -0.382 e. The molecule has 1 atom stereocenters. The fraction of sp³-hybridized carbons (Fsp3) is 0.400. The van der Waals surface area contributed by atoms with Crippen molar-refractivity contribution in [2.75, 3.05) is 38.7 Å². The molecule has 0 unspecified atom stereocenters. The van der Waals surface area contributed by atoms with E-state index in [2.05, 4.69) is 10.3 Å². The first-order valence-electron chi connectivity index (χ1n) is 7.00. The van der Waals surface area contributed by atoms with Crippen LogP contribution in [0.4, 0.5) is 10.5 Å². The highest BCUT2D eigenvalue weighted by Gasteiger charge is 2.24. The average Bonchev–Trinajstić information content (AvgIpc) is 2.97. The van der Waals surface area contributed by atoms with E-state index in [1.807, 2.05) is 30.5 Å². The van der Waals surface area contributed by atoms with Crippen LogP contribution in [0.2, 0.25) is 0 Å². The van der Waals surface area contributed by atoms with E-state index < -0.39 is 0 Å². The topological polar surface area (TPSA) is 66.6 Å². The Labute approximate surface area is 123 Å². The normalized spacial score (nSPS) is 18.9. The van der Waals surface area contributed by atoms with Crippen molar-refractivity contribution in [2.24, 2.45) is 0 Å². The van der Waals surface area contributed by atoms with Gasteiger partial charge in [0.05, 0.1) is 31.5 Å². The molecule has 0 saturated carbocycles. The van der Waals surface area contributed by atoms with Crippen LogP contribution in [-0.2, 0) is 9.47 Å². The van der Waals surface area contributed by atoms with Crippen LogP contribution in [0, 0.1) is 0 Å². The molecule has 0 radical (unpaired) electrons. The average molecular weight is 289 g/mol. The zero-order valence-corrected chi connectivity index (χ0v) is 12.0. The summed E-state index contributed by atoms with van der Waals surface area (Å²) in [6.07, 6.45) is 1.81. The Hall–Kier alpha value is -2.05. The van der Waals surface area contributed by atoms with Gasteiger partial charge in [-0.05, 0) is 18.2 Å². The quantitative estimate of drug-likeness (QED) is 0.908. The zero-order valence-electron chi connectivity index (χ0n) is 12.0. The molecule has 1 fully saturated rings. The number of anilines is 1. The van der Waals surface area contributed by atoms with E-state index in [0.717, 1.165) is 16.6 Å².